The molecule has 3 aliphatic rings. The van der Waals surface area contributed by atoms with Gasteiger partial charge in [0.15, 0.2) is 17.5 Å². The van der Waals surface area contributed by atoms with Crippen LogP contribution in [0.3, 0.4) is 0 Å². The van der Waals surface area contributed by atoms with Gasteiger partial charge in [-0.15, -0.1) is 34.0 Å². The van der Waals surface area contributed by atoms with Crippen LogP contribution in [-0.2, 0) is 14.4 Å². The van der Waals surface area contributed by atoms with E-state index in [1.54, 1.807) is 55.3 Å². The summed E-state index contributed by atoms with van der Waals surface area (Å²) in [6, 6.07) is 25.7. The number of amides is 3. The lowest BCUT2D eigenvalue weighted by atomic mass is 9.94. The summed E-state index contributed by atoms with van der Waals surface area (Å²) in [5.41, 5.74) is 31.0. The standard InChI is InChI=1S/3C24H25N5O2S.CH4/c3*1-4-21(30)28-7-5-6-15(12-28)18-11-17(22-24(25)26-13-27-29(18)22)20-10-16-8-14(2)9-19(31-3)23(16)32-20;/h3*4,8-11,13,15H,1,5-7,12H2,2-3H3,(H2,25,26,27);1H4/t2*15-;;/m10../s1. The summed E-state index contributed by atoms with van der Waals surface area (Å²) < 4.78 is 25.9. The molecular formula is C73H79N15O6S3. The van der Waals surface area contributed by atoms with E-state index < -0.39 is 0 Å². The number of rotatable bonds is 12. The van der Waals surface area contributed by atoms with E-state index in [-0.39, 0.29) is 42.9 Å². The van der Waals surface area contributed by atoms with E-state index in [0.29, 0.717) is 37.1 Å². The number of likely N-dealkylation sites (tertiary alicyclic amines) is 3. The molecule has 0 radical (unpaired) electrons. The number of anilines is 3. The van der Waals surface area contributed by atoms with Crippen molar-refractivity contribution in [1.29, 1.82) is 0 Å². The third-order valence-corrected chi connectivity index (χ3v) is 22.0. The number of ether oxygens (including phenoxy) is 3. The molecule has 0 bridgehead atoms. The highest BCUT2D eigenvalue weighted by atomic mass is 32.1. The number of aromatic nitrogens is 9. The minimum absolute atomic E-state index is 0. The van der Waals surface area contributed by atoms with Gasteiger partial charge < -0.3 is 46.1 Å². The van der Waals surface area contributed by atoms with Gasteiger partial charge in [0.1, 0.15) is 52.8 Å². The van der Waals surface area contributed by atoms with Crippen molar-refractivity contribution in [3.8, 4) is 48.6 Å². The number of benzene rings is 3. The Morgan fingerprint density at radius 3 is 0.990 bits per heavy atom. The van der Waals surface area contributed by atoms with Gasteiger partial charge in [-0.1, -0.05) is 45.4 Å². The number of nitrogens with two attached hydrogens (primary N) is 3. The van der Waals surface area contributed by atoms with Gasteiger partial charge in [0.05, 0.1) is 35.4 Å². The van der Waals surface area contributed by atoms with E-state index in [1.165, 1.54) is 37.2 Å². The van der Waals surface area contributed by atoms with E-state index >= 15 is 0 Å². The summed E-state index contributed by atoms with van der Waals surface area (Å²) >= 11 is 5.03. The number of aryl methyl sites for hydroxylation is 3. The maximum Gasteiger partial charge on any atom is 0.245 e. The van der Waals surface area contributed by atoms with Gasteiger partial charge in [0, 0.05) is 105 Å². The van der Waals surface area contributed by atoms with E-state index in [2.05, 4.69) is 144 Å². The average Bonchev–Trinajstić information content (AvgIpc) is 1.61. The van der Waals surface area contributed by atoms with Crippen molar-refractivity contribution < 1.29 is 28.6 Å². The second-order valence-electron chi connectivity index (χ2n) is 24.6. The minimum atomic E-state index is -0.0307. The summed E-state index contributed by atoms with van der Waals surface area (Å²) in [5, 5.41) is 17.0. The third kappa shape index (κ3) is 12.7. The van der Waals surface area contributed by atoms with Gasteiger partial charge in [-0.2, -0.15) is 15.3 Å². The maximum absolute atomic E-state index is 12.2. The van der Waals surface area contributed by atoms with Crippen molar-refractivity contribution >= 4 is 116 Å². The van der Waals surface area contributed by atoms with Crippen LogP contribution in [-0.4, -0.2) is 137 Å². The van der Waals surface area contributed by atoms with Crippen LogP contribution in [0.15, 0.2) is 130 Å². The first kappa shape index (κ1) is 66.8. The molecule has 3 fully saturated rings. The van der Waals surface area contributed by atoms with Gasteiger partial charge in [-0.25, -0.2) is 28.5 Å². The molecule has 500 valence electrons. The zero-order chi connectivity index (χ0) is 67.2. The van der Waals surface area contributed by atoms with Crippen LogP contribution >= 0.6 is 34.0 Å². The number of carbonyl (C=O) groups is 3. The first-order valence-electron chi connectivity index (χ1n) is 31.9. The molecule has 12 aromatic rings. The van der Waals surface area contributed by atoms with Crippen LogP contribution in [0.2, 0.25) is 0 Å². The molecule has 15 rings (SSSR count). The molecule has 21 nitrogen and oxygen atoms in total. The Morgan fingerprint density at radius 1 is 0.454 bits per heavy atom. The monoisotopic (exact) mass is 1360 g/mol. The lowest BCUT2D eigenvalue weighted by molar-refractivity contribution is -0.128. The molecule has 24 heteroatoms. The average molecular weight is 1360 g/mol. The lowest BCUT2D eigenvalue weighted by Gasteiger charge is -2.31. The second-order valence-corrected chi connectivity index (χ2v) is 27.8. The Morgan fingerprint density at radius 2 is 0.732 bits per heavy atom. The van der Waals surface area contributed by atoms with Crippen LogP contribution in [0, 0.1) is 20.8 Å². The smallest absolute Gasteiger partial charge is 0.245 e. The summed E-state index contributed by atoms with van der Waals surface area (Å²) in [7, 11) is 5.10. The molecular weight excluding hydrogens is 1280 g/mol. The number of piperidine rings is 3. The van der Waals surface area contributed by atoms with Gasteiger partial charge in [-0.05, 0) is 165 Å². The number of fused-ring (bicyclic) bond motifs is 6. The molecule has 3 amide bonds. The zero-order valence-electron chi connectivity index (χ0n) is 54.5. The Hall–Kier alpha value is -10.2. The molecule has 97 heavy (non-hydrogen) atoms. The Labute approximate surface area is 574 Å². The Balaban J connectivity index is 0.000000138. The molecule has 1 unspecified atom stereocenters. The number of thiophene rings is 3. The fraction of sp³-hybridized carbons (Fsp3) is 0.301. The van der Waals surface area contributed by atoms with Crippen LogP contribution in [0.25, 0.3) is 78.1 Å². The van der Waals surface area contributed by atoms with Crippen molar-refractivity contribution in [2.75, 3.05) is 77.8 Å². The SMILES string of the molecule is C.C=CC(=O)N1CCCC(c2cc(-c3cc4cc(C)cc(OC)c4s3)c3c(N)ncnn23)C1.C=CC(=O)N1CCC[C@@H](c2cc(-c3cc4cc(C)cc(OC)c4s3)c3c(N)ncnn23)C1.C=CC(=O)N1CCC[C@H](c2cc(-c3cc4cc(C)cc(OC)c4s3)c3c(N)ncnn23)C1. The predicted octanol–water partition coefficient (Wildman–Crippen LogP) is 13.8. The van der Waals surface area contributed by atoms with E-state index in [4.69, 9.17) is 31.4 Å². The number of methoxy groups -OCH3 is 3. The van der Waals surface area contributed by atoms with Crippen LogP contribution in [0.5, 0.6) is 17.2 Å². The topological polar surface area (TPSA) is 257 Å². The third-order valence-electron chi connectivity index (χ3n) is 18.4. The largest absolute Gasteiger partial charge is 0.495 e. The van der Waals surface area contributed by atoms with Crippen molar-refractivity contribution in [3.63, 3.8) is 0 Å². The quantitative estimate of drug-likeness (QED) is 0.0961. The van der Waals surface area contributed by atoms with Crippen molar-refractivity contribution in [2.45, 2.75) is 84.5 Å². The first-order valence-corrected chi connectivity index (χ1v) is 34.3. The lowest BCUT2D eigenvalue weighted by Crippen LogP contribution is -2.38. The van der Waals surface area contributed by atoms with Crippen LogP contribution in [0.4, 0.5) is 17.5 Å². The number of carbonyl (C=O) groups excluding carboxylic acids is 3. The molecule has 3 saturated heterocycles. The molecule has 12 heterocycles. The summed E-state index contributed by atoms with van der Waals surface area (Å²) in [4.78, 5) is 58.3. The molecule has 0 spiro atoms. The Bertz CT molecular complexity index is 4560. The van der Waals surface area contributed by atoms with Crippen molar-refractivity contribution in [1.82, 2.24) is 58.5 Å². The van der Waals surface area contributed by atoms with Crippen molar-refractivity contribution in [3.05, 3.63) is 164 Å². The molecule has 3 atom stereocenters. The maximum atomic E-state index is 12.2. The number of nitrogen functional groups attached to an aromatic ring is 3. The fourth-order valence-electron chi connectivity index (χ4n) is 14.0. The predicted molar refractivity (Wildman–Crippen MR) is 392 cm³/mol. The van der Waals surface area contributed by atoms with E-state index in [0.717, 1.165) is 187 Å². The molecule has 3 aromatic carbocycles. The highest BCUT2D eigenvalue weighted by Gasteiger charge is 2.32. The van der Waals surface area contributed by atoms with Crippen LogP contribution < -0.4 is 31.4 Å². The van der Waals surface area contributed by atoms with Gasteiger partial charge >= 0.3 is 0 Å². The number of hydrogen-bond acceptors (Lipinski definition) is 18. The van der Waals surface area contributed by atoms with Crippen molar-refractivity contribution in [2.24, 2.45) is 0 Å². The van der Waals surface area contributed by atoms with Gasteiger partial charge in [0.25, 0.3) is 0 Å². The summed E-state index contributed by atoms with van der Waals surface area (Å²) in [6.07, 6.45) is 14.4. The highest BCUT2D eigenvalue weighted by Crippen LogP contribution is 2.47. The molecule has 9 aromatic heterocycles. The van der Waals surface area contributed by atoms with Crippen LogP contribution in [0.1, 0.15) is 97.5 Å². The van der Waals surface area contributed by atoms with Gasteiger partial charge in [-0.3, -0.25) is 14.4 Å². The molecule has 0 saturated carbocycles. The first-order chi connectivity index (χ1) is 46.5. The molecule has 3 aliphatic heterocycles. The molecule has 6 N–H and O–H groups in total. The number of hydrogen-bond donors (Lipinski definition) is 3. The van der Waals surface area contributed by atoms with Gasteiger partial charge in [0.2, 0.25) is 17.7 Å². The number of nitrogens with zero attached hydrogens (tertiary/aromatic N) is 12. The molecule has 0 aliphatic carbocycles. The highest BCUT2D eigenvalue weighted by molar-refractivity contribution is 7.23. The summed E-state index contributed by atoms with van der Waals surface area (Å²) in [5.74, 6) is 4.33. The second kappa shape index (κ2) is 27.9. The summed E-state index contributed by atoms with van der Waals surface area (Å²) in [6.45, 7) is 21.3. The fourth-order valence-corrected chi connectivity index (χ4v) is 17.5. The van der Waals surface area contributed by atoms with E-state index in [1.807, 2.05) is 28.2 Å². The van der Waals surface area contributed by atoms with E-state index in [9.17, 15) is 14.4 Å². The Kier molecular flexibility index (Phi) is 19.2. The zero-order valence-corrected chi connectivity index (χ0v) is 57.0. The minimum Gasteiger partial charge on any atom is -0.495 e. The normalized spacial score (nSPS) is 16.4.